The van der Waals surface area contributed by atoms with E-state index >= 15 is 0 Å². The van der Waals surface area contributed by atoms with Gasteiger partial charge in [0.2, 0.25) is 5.43 Å². The second-order valence-corrected chi connectivity index (χ2v) is 7.05. The number of carbonyl (C=O) groups excluding carboxylic acids is 1. The average molecular weight is 485 g/mol. The Labute approximate surface area is 188 Å². The number of benzene rings is 2. The van der Waals surface area contributed by atoms with Crippen LogP contribution in [-0.2, 0) is 12.4 Å². The van der Waals surface area contributed by atoms with Crippen molar-refractivity contribution in [2.24, 2.45) is 0 Å². The van der Waals surface area contributed by atoms with Crippen LogP contribution in [-0.4, -0.2) is 22.3 Å². The molecule has 6 nitrogen and oxygen atoms in total. The highest BCUT2D eigenvalue weighted by Crippen LogP contribution is 2.35. The normalized spacial score (nSPS) is 11.9. The molecule has 0 saturated heterocycles. The number of nitrogens with zero attached hydrogens (tertiary/aromatic N) is 2. The van der Waals surface area contributed by atoms with Crippen molar-refractivity contribution in [1.29, 1.82) is 0 Å². The van der Waals surface area contributed by atoms with Gasteiger partial charge in [-0.05, 0) is 50.2 Å². The maximum absolute atomic E-state index is 13.1. The molecule has 34 heavy (non-hydrogen) atoms. The first-order chi connectivity index (χ1) is 15.8. The Kier molecular flexibility index (Phi) is 6.71. The fraction of sp³-hybridized carbons (Fsp3) is 0.227. The second kappa shape index (κ2) is 9.20. The Morgan fingerprint density at radius 2 is 1.65 bits per heavy atom. The monoisotopic (exact) mass is 485 g/mol. The minimum absolute atomic E-state index is 0.0737. The Morgan fingerprint density at radius 1 is 1.00 bits per heavy atom. The van der Waals surface area contributed by atoms with Gasteiger partial charge in [-0.1, -0.05) is 6.07 Å². The zero-order valence-corrected chi connectivity index (χ0v) is 17.7. The lowest BCUT2D eigenvalue weighted by molar-refractivity contribution is -0.138. The van der Waals surface area contributed by atoms with Crippen LogP contribution in [0.25, 0.3) is 5.69 Å². The molecular formula is C22H17F6N3O3. The smallest absolute Gasteiger partial charge is 0.416 e. The molecule has 0 fully saturated rings. The predicted octanol–water partition coefficient (Wildman–Crippen LogP) is 5.23. The largest absolute Gasteiger partial charge is 0.492 e. The lowest BCUT2D eigenvalue weighted by Crippen LogP contribution is -2.27. The van der Waals surface area contributed by atoms with Gasteiger partial charge >= 0.3 is 12.4 Å². The first-order valence-electron chi connectivity index (χ1n) is 9.75. The van der Waals surface area contributed by atoms with E-state index in [1.54, 1.807) is 6.92 Å². The Morgan fingerprint density at radius 3 is 2.26 bits per heavy atom. The minimum atomic E-state index is -4.71. The number of hydrogen-bond acceptors (Lipinski definition) is 4. The van der Waals surface area contributed by atoms with Crippen LogP contribution in [0, 0.1) is 6.92 Å². The number of aromatic nitrogens is 2. The number of ether oxygens (including phenoxy) is 1. The first kappa shape index (κ1) is 24.8. The molecule has 0 radical (unpaired) electrons. The van der Waals surface area contributed by atoms with Crippen LogP contribution < -0.4 is 15.5 Å². The Balaban J connectivity index is 2.04. The number of amides is 1. The van der Waals surface area contributed by atoms with Crippen molar-refractivity contribution in [3.63, 3.8) is 0 Å². The van der Waals surface area contributed by atoms with E-state index in [-0.39, 0.29) is 29.4 Å². The number of halogens is 6. The molecule has 3 rings (SSSR count). The number of alkyl halides is 6. The molecule has 0 aliphatic heterocycles. The van der Waals surface area contributed by atoms with Crippen molar-refractivity contribution >= 4 is 11.6 Å². The third kappa shape index (κ3) is 5.38. The number of rotatable bonds is 5. The van der Waals surface area contributed by atoms with Crippen LogP contribution in [0.15, 0.2) is 53.3 Å². The SMILES string of the molecule is CCOc1ccc(C(F)(F)F)cc1NC(=O)c1nn(-c2cccc(C(F)(F)F)c2)c(C)cc1=O. The number of aryl methyl sites for hydroxylation is 1. The van der Waals surface area contributed by atoms with Gasteiger partial charge in [-0.3, -0.25) is 9.59 Å². The molecule has 1 heterocycles. The van der Waals surface area contributed by atoms with Crippen molar-refractivity contribution in [2.45, 2.75) is 26.2 Å². The molecule has 1 amide bonds. The van der Waals surface area contributed by atoms with E-state index in [4.69, 9.17) is 4.74 Å². The van der Waals surface area contributed by atoms with Crippen molar-refractivity contribution in [2.75, 3.05) is 11.9 Å². The second-order valence-electron chi connectivity index (χ2n) is 7.05. The zero-order chi connectivity index (χ0) is 25.3. The first-order valence-corrected chi connectivity index (χ1v) is 9.75. The van der Waals surface area contributed by atoms with Crippen molar-refractivity contribution in [1.82, 2.24) is 9.78 Å². The van der Waals surface area contributed by atoms with Crippen LogP contribution in [0.5, 0.6) is 5.75 Å². The maximum Gasteiger partial charge on any atom is 0.416 e. The molecular weight excluding hydrogens is 468 g/mol. The van der Waals surface area contributed by atoms with Gasteiger partial charge in [-0.15, -0.1) is 0 Å². The Bertz CT molecular complexity index is 1280. The third-order valence-corrected chi connectivity index (χ3v) is 4.60. The molecule has 12 heteroatoms. The summed E-state index contributed by atoms with van der Waals surface area (Å²) in [5.74, 6) is -1.24. The summed E-state index contributed by atoms with van der Waals surface area (Å²) >= 11 is 0. The van der Waals surface area contributed by atoms with E-state index in [1.807, 2.05) is 0 Å². The molecule has 0 spiro atoms. The fourth-order valence-corrected chi connectivity index (χ4v) is 3.05. The van der Waals surface area contributed by atoms with Crippen LogP contribution >= 0.6 is 0 Å². The quantitative estimate of drug-likeness (QED) is 0.503. The molecule has 1 N–H and O–H groups in total. The van der Waals surface area contributed by atoms with Crippen molar-refractivity contribution < 1.29 is 35.9 Å². The summed E-state index contributed by atoms with van der Waals surface area (Å²) in [6.45, 7) is 3.06. The number of anilines is 1. The Hall–Kier alpha value is -3.83. The molecule has 1 aromatic heterocycles. The topological polar surface area (TPSA) is 73.2 Å². The lowest BCUT2D eigenvalue weighted by Gasteiger charge is -2.16. The van der Waals surface area contributed by atoms with Crippen molar-refractivity contribution in [3.8, 4) is 11.4 Å². The highest BCUT2D eigenvalue weighted by atomic mass is 19.4. The number of hydrogen-bond donors (Lipinski definition) is 1. The summed E-state index contributed by atoms with van der Waals surface area (Å²) in [5.41, 5.74) is -3.93. The minimum Gasteiger partial charge on any atom is -0.492 e. The van der Waals surface area contributed by atoms with Gasteiger partial charge in [0.15, 0.2) is 5.69 Å². The summed E-state index contributed by atoms with van der Waals surface area (Å²) in [5, 5.41) is 6.05. The zero-order valence-electron chi connectivity index (χ0n) is 17.7. The highest BCUT2D eigenvalue weighted by molar-refractivity contribution is 6.03. The van der Waals surface area contributed by atoms with Gasteiger partial charge < -0.3 is 10.1 Å². The number of carbonyl (C=O) groups is 1. The highest BCUT2D eigenvalue weighted by Gasteiger charge is 2.32. The van der Waals surface area contributed by atoms with Gasteiger partial charge in [-0.25, -0.2) is 4.68 Å². The van der Waals surface area contributed by atoms with E-state index in [9.17, 15) is 35.9 Å². The number of nitrogens with one attached hydrogen (secondary N) is 1. The summed E-state index contributed by atoms with van der Waals surface area (Å²) in [7, 11) is 0. The fourth-order valence-electron chi connectivity index (χ4n) is 3.05. The van der Waals surface area contributed by atoms with E-state index in [0.29, 0.717) is 6.07 Å². The summed E-state index contributed by atoms with van der Waals surface area (Å²) in [4.78, 5) is 25.2. The molecule has 0 bridgehead atoms. The van der Waals surface area contributed by atoms with Crippen LogP contribution in [0.4, 0.5) is 32.0 Å². The van der Waals surface area contributed by atoms with Gasteiger partial charge in [0.05, 0.1) is 29.1 Å². The maximum atomic E-state index is 13.1. The van der Waals surface area contributed by atoms with Crippen LogP contribution in [0.3, 0.4) is 0 Å². The van der Waals surface area contributed by atoms with Gasteiger partial charge in [0.1, 0.15) is 5.75 Å². The van der Waals surface area contributed by atoms with Gasteiger partial charge in [-0.2, -0.15) is 31.4 Å². The summed E-state index contributed by atoms with van der Waals surface area (Å²) in [6, 6.07) is 7.47. The van der Waals surface area contributed by atoms with E-state index < -0.39 is 40.5 Å². The molecule has 2 aromatic carbocycles. The van der Waals surface area contributed by atoms with Crippen molar-refractivity contribution in [3.05, 3.63) is 81.3 Å². The lowest BCUT2D eigenvalue weighted by atomic mass is 10.1. The van der Waals surface area contributed by atoms with E-state index in [2.05, 4.69) is 10.4 Å². The summed E-state index contributed by atoms with van der Waals surface area (Å²) in [6.07, 6.45) is -9.34. The molecule has 180 valence electrons. The van der Waals surface area contributed by atoms with Gasteiger partial charge in [0.25, 0.3) is 5.91 Å². The third-order valence-electron chi connectivity index (χ3n) is 4.60. The molecule has 0 atom stereocenters. The predicted molar refractivity (Wildman–Crippen MR) is 110 cm³/mol. The molecule has 0 saturated carbocycles. The molecule has 0 unspecified atom stereocenters. The van der Waals surface area contributed by atoms with Gasteiger partial charge in [0, 0.05) is 11.8 Å². The van der Waals surface area contributed by atoms with E-state index in [0.717, 1.165) is 41.1 Å². The van der Waals surface area contributed by atoms with E-state index in [1.165, 1.54) is 13.0 Å². The average Bonchev–Trinajstić information content (AvgIpc) is 2.74. The van der Waals surface area contributed by atoms with Crippen LogP contribution in [0.2, 0.25) is 0 Å². The molecule has 0 aliphatic carbocycles. The molecule has 3 aromatic rings. The standard InChI is InChI=1S/C22H17F6N3O3/c1-3-34-18-8-7-14(22(26,27)28)11-16(18)29-20(33)19-17(32)9-12(2)31(30-19)15-6-4-5-13(10-15)21(23,24)25/h4-11H,3H2,1-2H3,(H,29,33). The van der Waals surface area contributed by atoms with Crippen LogP contribution in [0.1, 0.15) is 34.2 Å². The molecule has 0 aliphatic rings. The summed E-state index contributed by atoms with van der Waals surface area (Å²) < 4.78 is 84.8.